The second-order valence-electron chi connectivity index (χ2n) is 4.86. The van der Waals surface area contributed by atoms with Crippen molar-refractivity contribution in [1.29, 1.82) is 0 Å². The highest BCUT2D eigenvalue weighted by molar-refractivity contribution is 7.98. The highest BCUT2D eigenvalue weighted by Gasteiger charge is 2.20. The van der Waals surface area contributed by atoms with Crippen molar-refractivity contribution < 1.29 is 14.3 Å². The second kappa shape index (κ2) is 8.42. The summed E-state index contributed by atoms with van der Waals surface area (Å²) in [7, 11) is 0. The summed E-state index contributed by atoms with van der Waals surface area (Å²) >= 11 is 13.6. The Hall–Kier alpha value is -1.69. The molecule has 7 heteroatoms. The van der Waals surface area contributed by atoms with Crippen LogP contribution in [-0.4, -0.2) is 24.2 Å². The Bertz CT molecular complexity index is 730. The lowest BCUT2D eigenvalue weighted by Gasteiger charge is -2.15. The van der Waals surface area contributed by atoms with Crippen LogP contribution in [0.1, 0.15) is 17.3 Å². The molecule has 0 aliphatic carbocycles. The van der Waals surface area contributed by atoms with Gasteiger partial charge in [-0.15, -0.1) is 11.8 Å². The molecular formula is C17H15Cl2NO3S. The summed E-state index contributed by atoms with van der Waals surface area (Å²) in [5.41, 5.74) is 0.668. The van der Waals surface area contributed by atoms with E-state index in [-0.39, 0.29) is 5.69 Å². The fourth-order valence-corrected chi connectivity index (χ4v) is 2.75. The predicted molar refractivity (Wildman–Crippen MR) is 98.2 cm³/mol. The number of para-hydroxylation sites is 1. The number of hydrogen-bond acceptors (Lipinski definition) is 4. The summed E-state index contributed by atoms with van der Waals surface area (Å²) in [6.07, 6.45) is 0.949. The number of nitrogens with one attached hydrogen (secondary N) is 1. The highest BCUT2D eigenvalue weighted by atomic mass is 35.5. The molecule has 24 heavy (non-hydrogen) atoms. The lowest BCUT2D eigenvalue weighted by molar-refractivity contribution is -0.123. The van der Waals surface area contributed by atoms with E-state index in [9.17, 15) is 9.59 Å². The summed E-state index contributed by atoms with van der Waals surface area (Å²) in [5.74, 6) is -1.09. The van der Waals surface area contributed by atoms with Gasteiger partial charge in [0.1, 0.15) is 0 Å². The van der Waals surface area contributed by atoms with Crippen molar-refractivity contribution in [2.75, 3.05) is 11.6 Å². The summed E-state index contributed by atoms with van der Waals surface area (Å²) in [5, 5.41) is 3.18. The summed E-state index contributed by atoms with van der Waals surface area (Å²) in [6.45, 7) is 1.48. The standard InChI is InChI=1S/C17H15Cl2NO3S/c1-10(16(21)20-15-13(18)4-3-5-14(15)19)23-17(22)11-6-8-12(24-2)9-7-11/h3-10H,1-2H3,(H,20,21)/t10-/m1/s1. The minimum absolute atomic E-state index is 0.290. The number of carbonyl (C=O) groups excluding carboxylic acids is 2. The van der Waals surface area contributed by atoms with Crippen LogP contribution in [0, 0.1) is 0 Å². The van der Waals surface area contributed by atoms with Gasteiger partial charge in [-0.05, 0) is 49.6 Å². The van der Waals surface area contributed by atoms with Crippen molar-refractivity contribution in [2.45, 2.75) is 17.9 Å². The first-order chi connectivity index (χ1) is 11.4. The molecule has 0 aromatic heterocycles. The molecule has 0 saturated heterocycles. The van der Waals surface area contributed by atoms with Crippen molar-refractivity contribution in [3.8, 4) is 0 Å². The maximum atomic E-state index is 12.2. The van der Waals surface area contributed by atoms with Gasteiger partial charge in [0.15, 0.2) is 6.10 Å². The molecular weight excluding hydrogens is 369 g/mol. The van der Waals surface area contributed by atoms with E-state index in [2.05, 4.69) is 5.32 Å². The zero-order valence-corrected chi connectivity index (χ0v) is 15.3. The monoisotopic (exact) mass is 383 g/mol. The van der Waals surface area contributed by atoms with Gasteiger partial charge in [0.05, 0.1) is 21.3 Å². The van der Waals surface area contributed by atoms with Gasteiger partial charge in [-0.3, -0.25) is 4.79 Å². The largest absolute Gasteiger partial charge is 0.449 e. The lowest BCUT2D eigenvalue weighted by atomic mass is 10.2. The van der Waals surface area contributed by atoms with Crippen LogP contribution in [0.5, 0.6) is 0 Å². The van der Waals surface area contributed by atoms with E-state index >= 15 is 0 Å². The molecule has 0 radical (unpaired) electrons. The van der Waals surface area contributed by atoms with Gasteiger partial charge in [0.25, 0.3) is 5.91 Å². The molecule has 0 aliphatic rings. The van der Waals surface area contributed by atoms with Crippen LogP contribution in [0.25, 0.3) is 0 Å². The fourth-order valence-electron chi connectivity index (χ4n) is 1.85. The van der Waals surface area contributed by atoms with E-state index in [1.807, 2.05) is 18.4 Å². The number of benzene rings is 2. The molecule has 1 amide bonds. The van der Waals surface area contributed by atoms with Crippen LogP contribution in [0.2, 0.25) is 10.0 Å². The Morgan fingerprint density at radius 1 is 1.08 bits per heavy atom. The Balaban J connectivity index is 2.01. The van der Waals surface area contributed by atoms with E-state index in [0.717, 1.165) is 4.90 Å². The van der Waals surface area contributed by atoms with Gasteiger partial charge in [-0.1, -0.05) is 29.3 Å². The summed E-state index contributed by atoms with van der Waals surface area (Å²) in [6, 6.07) is 11.8. The van der Waals surface area contributed by atoms with Crippen LogP contribution in [-0.2, 0) is 9.53 Å². The lowest BCUT2D eigenvalue weighted by Crippen LogP contribution is -2.30. The Morgan fingerprint density at radius 3 is 2.21 bits per heavy atom. The van der Waals surface area contributed by atoms with Gasteiger partial charge in [-0.25, -0.2) is 4.79 Å². The first kappa shape index (κ1) is 18.6. The minimum atomic E-state index is -0.995. The molecule has 0 unspecified atom stereocenters. The van der Waals surface area contributed by atoms with E-state index in [0.29, 0.717) is 15.6 Å². The molecule has 0 bridgehead atoms. The molecule has 0 heterocycles. The van der Waals surface area contributed by atoms with Gasteiger partial charge in [0, 0.05) is 4.90 Å². The molecule has 0 aliphatic heterocycles. The average molecular weight is 384 g/mol. The van der Waals surface area contributed by atoms with Gasteiger partial charge in [-0.2, -0.15) is 0 Å². The summed E-state index contributed by atoms with van der Waals surface area (Å²) in [4.78, 5) is 25.3. The van der Waals surface area contributed by atoms with Crippen molar-refractivity contribution >= 4 is 52.5 Å². The third kappa shape index (κ3) is 4.66. The SMILES string of the molecule is CSc1ccc(C(=O)O[C@H](C)C(=O)Nc2c(Cl)cccc2Cl)cc1. The number of esters is 1. The summed E-state index contributed by atoms with van der Waals surface area (Å²) < 4.78 is 5.18. The fraction of sp³-hybridized carbons (Fsp3) is 0.176. The van der Waals surface area contributed by atoms with Crippen molar-refractivity contribution in [2.24, 2.45) is 0 Å². The number of carbonyl (C=O) groups is 2. The van der Waals surface area contributed by atoms with E-state index in [1.165, 1.54) is 6.92 Å². The number of ether oxygens (including phenoxy) is 1. The quantitative estimate of drug-likeness (QED) is 0.589. The maximum absolute atomic E-state index is 12.2. The number of thioether (sulfide) groups is 1. The van der Waals surface area contributed by atoms with Gasteiger partial charge in [0.2, 0.25) is 0 Å². The number of anilines is 1. The van der Waals surface area contributed by atoms with Gasteiger partial charge >= 0.3 is 5.97 Å². The zero-order chi connectivity index (χ0) is 17.7. The molecule has 0 fully saturated rings. The van der Waals surface area contributed by atoms with Crippen molar-refractivity contribution in [3.05, 3.63) is 58.1 Å². The predicted octanol–water partition coefficient (Wildman–Crippen LogP) is 4.90. The van der Waals surface area contributed by atoms with E-state index in [1.54, 1.807) is 42.1 Å². The molecule has 0 spiro atoms. The number of halogens is 2. The topological polar surface area (TPSA) is 55.4 Å². The first-order valence-corrected chi connectivity index (χ1v) is 9.00. The number of hydrogen-bond donors (Lipinski definition) is 1. The molecule has 0 saturated carbocycles. The average Bonchev–Trinajstić information content (AvgIpc) is 2.58. The molecule has 2 aromatic rings. The van der Waals surface area contributed by atoms with Crippen molar-refractivity contribution in [1.82, 2.24) is 0 Å². The normalized spacial score (nSPS) is 11.7. The Kier molecular flexibility index (Phi) is 6.54. The molecule has 1 N–H and O–H groups in total. The van der Waals surface area contributed by atoms with Crippen LogP contribution in [0.15, 0.2) is 47.4 Å². The van der Waals surface area contributed by atoms with Crippen LogP contribution >= 0.6 is 35.0 Å². The minimum Gasteiger partial charge on any atom is -0.449 e. The highest BCUT2D eigenvalue weighted by Crippen LogP contribution is 2.30. The van der Waals surface area contributed by atoms with E-state index in [4.69, 9.17) is 27.9 Å². The molecule has 126 valence electrons. The van der Waals surface area contributed by atoms with Crippen LogP contribution < -0.4 is 5.32 Å². The molecule has 2 aromatic carbocycles. The zero-order valence-electron chi connectivity index (χ0n) is 13.0. The Labute approximate surface area is 154 Å². The second-order valence-corrected chi connectivity index (χ2v) is 6.56. The third-order valence-electron chi connectivity index (χ3n) is 3.19. The third-order valence-corrected chi connectivity index (χ3v) is 4.56. The van der Waals surface area contributed by atoms with Crippen LogP contribution in [0.3, 0.4) is 0 Å². The number of amides is 1. The smallest absolute Gasteiger partial charge is 0.338 e. The van der Waals surface area contributed by atoms with Crippen LogP contribution in [0.4, 0.5) is 5.69 Å². The molecule has 1 atom stereocenters. The maximum Gasteiger partial charge on any atom is 0.338 e. The van der Waals surface area contributed by atoms with E-state index < -0.39 is 18.0 Å². The number of rotatable bonds is 5. The Morgan fingerprint density at radius 2 is 1.67 bits per heavy atom. The molecule has 2 rings (SSSR count). The van der Waals surface area contributed by atoms with Crippen molar-refractivity contribution in [3.63, 3.8) is 0 Å². The van der Waals surface area contributed by atoms with Gasteiger partial charge < -0.3 is 10.1 Å². The first-order valence-electron chi connectivity index (χ1n) is 7.02. The molecule has 4 nitrogen and oxygen atoms in total.